The third-order valence-electron chi connectivity index (χ3n) is 1.70. The maximum Gasteiger partial charge on any atom is 0.0640 e. The van der Waals surface area contributed by atoms with Crippen molar-refractivity contribution >= 4 is 71.2 Å². The molecule has 0 atom stereocenters. The Labute approximate surface area is 116 Å². The highest BCUT2D eigenvalue weighted by Crippen LogP contribution is 2.39. The van der Waals surface area contributed by atoms with Crippen LogP contribution in [0.5, 0.6) is 0 Å². The van der Waals surface area contributed by atoms with Crippen molar-refractivity contribution in [3.63, 3.8) is 0 Å². The molecule has 0 aromatic heterocycles. The van der Waals surface area contributed by atoms with Gasteiger partial charge in [0.05, 0.1) is 20.1 Å². The number of hydrogen-bond donors (Lipinski definition) is 0. The van der Waals surface area contributed by atoms with E-state index in [4.69, 9.17) is 46.4 Å². The molecular weight excluding hydrogens is 309 g/mol. The molecule has 0 aliphatic carbocycles. The molecule has 0 saturated heterocycles. The predicted octanol–water partition coefficient (Wildman–Crippen LogP) is 5.76. The summed E-state index contributed by atoms with van der Waals surface area (Å²) >= 11 is 23.5. The minimum atomic E-state index is 0. The summed E-state index contributed by atoms with van der Waals surface area (Å²) in [6.45, 7) is 3.56. The van der Waals surface area contributed by atoms with Crippen LogP contribution in [-0.4, -0.2) is 0 Å². The molecule has 0 saturated carbocycles. The molecule has 1 aromatic carbocycles. The number of benzene rings is 1. The zero-order valence-corrected chi connectivity index (χ0v) is 12.0. The van der Waals surface area contributed by atoms with E-state index in [1.165, 1.54) is 0 Å². The summed E-state index contributed by atoms with van der Waals surface area (Å²) in [7, 11) is 0. The van der Waals surface area contributed by atoms with Crippen LogP contribution in [0, 0.1) is 13.8 Å². The minimum Gasteiger partial charge on any atom is -0.147 e. The molecule has 82 valence electrons. The molecule has 1 aromatic rings. The van der Waals surface area contributed by atoms with Crippen LogP contribution in [0.2, 0.25) is 20.1 Å². The van der Waals surface area contributed by atoms with Gasteiger partial charge in [0.2, 0.25) is 0 Å². The van der Waals surface area contributed by atoms with Gasteiger partial charge in [-0.15, -0.1) is 24.8 Å². The lowest BCUT2D eigenvalue weighted by molar-refractivity contribution is 1.40. The van der Waals surface area contributed by atoms with E-state index in [0.717, 1.165) is 11.1 Å². The Bertz CT molecular complexity index is 228. The first kappa shape index (κ1) is 17.4. The lowest BCUT2D eigenvalue weighted by Gasteiger charge is -2.09. The van der Waals surface area contributed by atoms with Crippen molar-refractivity contribution in [1.29, 1.82) is 0 Å². The zero-order chi connectivity index (χ0) is 9.46. The number of rotatable bonds is 0. The Morgan fingerprint density at radius 3 is 0.857 bits per heavy atom. The van der Waals surface area contributed by atoms with Crippen molar-refractivity contribution in [2.24, 2.45) is 0 Å². The van der Waals surface area contributed by atoms with E-state index in [9.17, 15) is 0 Å². The van der Waals surface area contributed by atoms with Crippen LogP contribution in [0.15, 0.2) is 0 Å². The monoisotopic (exact) mass is 314 g/mol. The van der Waals surface area contributed by atoms with Gasteiger partial charge in [0, 0.05) is 0 Å². The van der Waals surface area contributed by atoms with Crippen LogP contribution in [-0.2, 0) is 0 Å². The first-order valence-electron chi connectivity index (χ1n) is 3.26. The number of hydrogen-bond acceptors (Lipinski definition) is 0. The van der Waals surface area contributed by atoms with Gasteiger partial charge in [0.25, 0.3) is 0 Å². The fourth-order valence-corrected chi connectivity index (χ4v) is 1.89. The van der Waals surface area contributed by atoms with E-state index in [1.807, 2.05) is 0 Å². The second-order valence-corrected chi connectivity index (χ2v) is 4.02. The van der Waals surface area contributed by atoms with Gasteiger partial charge in [0.1, 0.15) is 0 Å². The SMILES string of the molecule is Cc1c(Cl)c(Cl)c(C)c(Cl)c1Cl.Cl.Cl. The Hall–Kier alpha value is 0.960. The van der Waals surface area contributed by atoms with Crippen molar-refractivity contribution < 1.29 is 0 Å². The van der Waals surface area contributed by atoms with E-state index in [1.54, 1.807) is 13.8 Å². The first-order chi connectivity index (χ1) is 5.46. The van der Waals surface area contributed by atoms with E-state index < -0.39 is 0 Å². The van der Waals surface area contributed by atoms with Crippen LogP contribution >= 0.6 is 71.2 Å². The summed E-state index contributed by atoms with van der Waals surface area (Å²) in [5, 5.41) is 1.90. The van der Waals surface area contributed by atoms with E-state index >= 15 is 0 Å². The molecule has 0 nitrogen and oxygen atoms in total. The maximum absolute atomic E-state index is 5.89. The Kier molecular flexibility index (Phi) is 8.09. The highest BCUT2D eigenvalue weighted by atomic mass is 35.5. The van der Waals surface area contributed by atoms with Crippen LogP contribution in [0.3, 0.4) is 0 Å². The van der Waals surface area contributed by atoms with Crippen molar-refractivity contribution in [2.75, 3.05) is 0 Å². The Balaban J connectivity index is 0. The normalized spacial score (nSPS) is 9.00. The summed E-state index contributed by atoms with van der Waals surface area (Å²) in [6.07, 6.45) is 0. The third kappa shape index (κ3) is 2.98. The van der Waals surface area contributed by atoms with Gasteiger partial charge >= 0.3 is 0 Å². The van der Waals surface area contributed by atoms with Crippen molar-refractivity contribution in [3.8, 4) is 0 Å². The van der Waals surface area contributed by atoms with E-state index in [-0.39, 0.29) is 24.8 Å². The molecule has 0 fully saturated rings. The van der Waals surface area contributed by atoms with Crippen molar-refractivity contribution in [3.05, 3.63) is 31.2 Å². The second-order valence-electron chi connectivity index (χ2n) is 2.51. The highest BCUT2D eigenvalue weighted by molar-refractivity contribution is 6.48. The molecule has 0 radical (unpaired) electrons. The zero-order valence-electron chi connectivity index (χ0n) is 7.33. The summed E-state index contributed by atoms with van der Waals surface area (Å²) in [6, 6.07) is 0. The molecule has 14 heavy (non-hydrogen) atoms. The largest absolute Gasteiger partial charge is 0.147 e. The average Bonchev–Trinajstić information content (AvgIpc) is 2.08. The van der Waals surface area contributed by atoms with Gasteiger partial charge in [-0.05, 0) is 25.0 Å². The summed E-state index contributed by atoms with van der Waals surface area (Å²) in [5.41, 5.74) is 1.44. The quantitative estimate of drug-likeness (QED) is 0.534. The molecule has 1 rings (SSSR count). The topological polar surface area (TPSA) is 0 Å². The highest BCUT2D eigenvalue weighted by Gasteiger charge is 2.14. The van der Waals surface area contributed by atoms with Gasteiger partial charge in [0.15, 0.2) is 0 Å². The van der Waals surface area contributed by atoms with Gasteiger partial charge in [-0.25, -0.2) is 0 Å². The summed E-state index contributed by atoms with van der Waals surface area (Å²) < 4.78 is 0. The molecule has 0 amide bonds. The van der Waals surface area contributed by atoms with Crippen molar-refractivity contribution in [1.82, 2.24) is 0 Å². The molecular formula is C8H8Cl6. The molecule has 0 aliphatic rings. The van der Waals surface area contributed by atoms with Gasteiger partial charge in [-0.3, -0.25) is 0 Å². The molecule has 0 heterocycles. The van der Waals surface area contributed by atoms with Crippen molar-refractivity contribution in [2.45, 2.75) is 13.8 Å². The van der Waals surface area contributed by atoms with Crippen LogP contribution in [0.4, 0.5) is 0 Å². The third-order valence-corrected chi connectivity index (χ3v) is 3.79. The minimum absolute atomic E-state index is 0. The fourth-order valence-electron chi connectivity index (χ4n) is 0.851. The Morgan fingerprint density at radius 2 is 0.714 bits per heavy atom. The van der Waals surface area contributed by atoms with E-state index in [0.29, 0.717) is 20.1 Å². The first-order valence-corrected chi connectivity index (χ1v) is 4.77. The molecule has 0 N–H and O–H groups in total. The second kappa shape index (κ2) is 6.52. The average molecular weight is 317 g/mol. The lowest BCUT2D eigenvalue weighted by atomic mass is 10.2. The summed E-state index contributed by atoms with van der Waals surface area (Å²) in [5.74, 6) is 0. The van der Waals surface area contributed by atoms with Gasteiger partial charge in [-0.1, -0.05) is 46.4 Å². The predicted molar refractivity (Wildman–Crippen MR) is 70.5 cm³/mol. The molecule has 0 bridgehead atoms. The maximum atomic E-state index is 5.89. The number of halogens is 6. The van der Waals surface area contributed by atoms with Crippen LogP contribution in [0.25, 0.3) is 0 Å². The fraction of sp³-hybridized carbons (Fsp3) is 0.250. The molecule has 6 heteroatoms. The molecule has 0 aliphatic heterocycles. The Morgan fingerprint density at radius 1 is 0.571 bits per heavy atom. The molecule has 0 unspecified atom stereocenters. The molecule has 0 spiro atoms. The van der Waals surface area contributed by atoms with Gasteiger partial charge < -0.3 is 0 Å². The van der Waals surface area contributed by atoms with Crippen LogP contribution < -0.4 is 0 Å². The van der Waals surface area contributed by atoms with E-state index in [2.05, 4.69) is 0 Å². The smallest absolute Gasteiger partial charge is 0.0640 e. The standard InChI is InChI=1S/C8H6Cl4.2ClH/c1-3-5(9)7(11)4(2)8(12)6(3)10;;/h1-2H3;2*1H. The van der Waals surface area contributed by atoms with Crippen LogP contribution in [0.1, 0.15) is 11.1 Å². The van der Waals surface area contributed by atoms with Gasteiger partial charge in [-0.2, -0.15) is 0 Å². The summed E-state index contributed by atoms with van der Waals surface area (Å²) in [4.78, 5) is 0. The lowest BCUT2D eigenvalue weighted by Crippen LogP contribution is -1.86.